The number of rotatable bonds is 5. The maximum Gasteiger partial charge on any atom is 0.140 e. The zero-order valence-corrected chi connectivity index (χ0v) is 11.2. The van der Waals surface area contributed by atoms with Crippen LogP contribution >= 0.6 is 0 Å². The Morgan fingerprint density at radius 3 is 2.47 bits per heavy atom. The van der Waals surface area contributed by atoms with E-state index >= 15 is 0 Å². The SMILES string of the molecule is [CH2-]CC12CCC(OCCOC)(CC1=O)C2(C)C. The Kier molecular flexibility index (Phi) is 3.11. The number of carbonyl (C=O) groups excluding carboxylic acids is 1. The molecule has 2 saturated carbocycles. The van der Waals surface area contributed by atoms with Crippen molar-refractivity contribution in [2.75, 3.05) is 20.3 Å². The average Bonchev–Trinajstić information content (AvgIpc) is 2.59. The zero-order valence-electron chi connectivity index (χ0n) is 11.2. The van der Waals surface area contributed by atoms with Gasteiger partial charge in [0.15, 0.2) is 0 Å². The highest BCUT2D eigenvalue weighted by atomic mass is 16.5. The van der Waals surface area contributed by atoms with E-state index in [9.17, 15) is 4.79 Å². The third-order valence-corrected chi connectivity index (χ3v) is 5.36. The van der Waals surface area contributed by atoms with Crippen molar-refractivity contribution in [2.45, 2.75) is 45.1 Å². The standard InChI is InChI=1S/C14H23O3/c1-5-13-6-7-14(10-11(13)15,12(13,2)3)17-9-8-16-4/h1,5-10H2,2-4H3/q-1. The van der Waals surface area contributed by atoms with E-state index in [2.05, 4.69) is 20.8 Å². The molecule has 2 atom stereocenters. The fourth-order valence-electron chi connectivity index (χ4n) is 3.90. The van der Waals surface area contributed by atoms with Crippen LogP contribution in [0.25, 0.3) is 0 Å². The molecule has 0 N–H and O–H groups in total. The average molecular weight is 239 g/mol. The van der Waals surface area contributed by atoms with E-state index < -0.39 is 0 Å². The summed E-state index contributed by atoms with van der Waals surface area (Å²) in [5.41, 5.74) is -0.632. The van der Waals surface area contributed by atoms with Gasteiger partial charge in [-0.2, -0.15) is 6.42 Å². The maximum absolute atomic E-state index is 12.3. The van der Waals surface area contributed by atoms with Crippen LogP contribution in [0.2, 0.25) is 0 Å². The lowest BCUT2D eigenvalue weighted by atomic mass is 9.66. The van der Waals surface area contributed by atoms with Crippen molar-refractivity contribution >= 4 is 5.78 Å². The van der Waals surface area contributed by atoms with Gasteiger partial charge in [-0.05, 0) is 12.8 Å². The van der Waals surface area contributed by atoms with Crippen LogP contribution in [0.5, 0.6) is 0 Å². The van der Waals surface area contributed by atoms with Gasteiger partial charge in [-0.3, -0.25) is 4.79 Å². The fourth-order valence-corrected chi connectivity index (χ4v) is 3.90. The number of methoxy groups -OCH3 is 1. The molecule has 2 rings (SSSR count). The lowest BCUT2D eigenvalue weighted by Gasteiger charge is -2.42. The van der Waals surface area contributed by atoms with Gasteiger partial charge >= 0.3 is 0 Å². The van der Waals surface area contributed by atoms with Crippen LogP contribution in [-0.4, -0.2) is 31.7 Å². The molecule has 2 fully saturated rings. The van der Waals surface area contributed by atoms with E-state index in [1.54, 1.807) is 7.11 Å². The van der Waals surface area contributed by atoms with Crippen LogP contribution in [0.15, 0.2) is 0 Å². The molecule has 0 spiro atoms. The van der Waals surface area contributed by atoms with Gasteiger partial charge < -0.3 is 16.4 Å². The van der Waals surface area contributed by atoms with Crippen molar-refractivity contribution in [1.29, 1.82) is 0 Å². The van der Waals surface area contributed by atoms with Crippen LogP contribution in [0.3, 0.4) is 0 Å². The molecule has 98 valence electrons. The molecule has 3 nitrogen and oxygen atoms in total. The molecular weight excluding hydrogens is 216 g/mol. The van der Waals surface area contributed by atoms with Gasteiger partial charge in [-0.25, -0.2) is 0 Å². The number of fused-ring (bicyclic) bond motifs is 2. The first-order valence-electron chi connectivity index (χ1n) is 6.41. The van der Waals surface area contributed by atoms with Crippen LogP contribution in [0.4, 0.5) is 0 Å². The van der Waals surface area contributed by atoms with Crippen molar-refractivity contribution in [3.8, 4) is 0 Å². The molecule has 0 aromatic heterocycles. The van der Waals surface area contributed by atoms with Gasteiger partial charge in [0.1, 0.15) is 5.78 Å². The highest BCUT2D eigenvalue weighted by Gasteiger charge is 2.70. The van der Waals surface area contributed by atoms with E-state index in [0.717, 1.165) is 12.8 Å². The molecule has 17 heavy (non-hydrogen) atoms. The molecule has 0 heterocycles. The van der Waals surface area contributed by atoms with E-state index in [-0.39, 0.29) is 16.4 Å². The predicted molar refractivity (Wildman–Crippen MR) is 65.6 cm³/mol. The molecule has 2 aliphatic carbocycles. The summed E-state index contributed by atoms with van der Waals surface area (Å²) in [6.45, 7) is 9.51. The topological polar surface area (TPSA) is 35.5 Å². The largest absolute Gasteiger partial charge is 0.382 e. The second-order valence-electron chi connectivity index (χ2n) is 5.89. The summed E-state index contributed by atoms with van der Waals surface area (Å²) < 4.78 is 11.1. The predicted octanol–water partition coefficient (Wildman–Crippen LogP) is 2.39. The van der Waals surface area contributed by atoms with Crippen molar-refractivity contribution in [1.82, 2.24) is 0 Å². The highest BCUT2D eigenvalue weighted by molar-refractivity contribution is 5.91. The van der Waals surface area contributed by atoms with E-state index in [4.69, 9.17) is 9.47 Å². The Balaban J connectivity index is 2.23. The summed E-state index contributed by atoms with van der Waals surface area (Å²) in [5.74, 6) is 0.348. The number of ether oxygens (including phenoxy) is 2. The molecule has 2 bridgehead atoms. The Labute approximate surface area is 104 Å². The zero-order chi connectivity index (χ0) is 12.7. The first kappa shape index (κ1) is 13.0. The second kappa shape index (κ2) is 4.06. The van der Waals surface area contributed by atoms with Crippen molar-refractivity contribution < 1.29 is 14.3 Å². The first-order valence-corrected chi connectivity index (χ1v) is 6.41. The van der Waals surface area contributed by atoms with Crippen LogP contribution < -0.4 is 0 Å². The van der Waals surface area contributed by atoms with E-state index in [0.29, 0.717) is 31.8 Å². The van der Waals surface area contributed by atoms with Crippen LogP contribution in [-0.2, 0) is 14.3 Å². The second-order valence-corrected chi connectivity index (χ2v) is 5.89. The highest BCUT2D eigenvalue weighted by Crippen LogP contribution is 2.68. The van der Waals surface area contributed by atoms with Gasteiger partial charge in [0.25, 0.3) is 0 Å². The van der Waals surface area contributed by atoms with Crippen LogP contribution in [0.1, 0.15) is 39.5 Å². The summed E-state index contributed by atoms with van der Waals surface area (Å²) >= 11 is 0. The molecule has 2 unspecified atom stereocenters. The Morgan fingerprint density at radius 1 is 1.29 bits per heavy atom. The third-order valence-electron chi connectivity index (χ3n) is 5.36. The quantitative estimate of drug-likeness (QED) is 0.546. The Hall–Kier alpha value is -0.410. The molecule has 3 heteroatoms. The Morgan fingerprint density at radius 2 is 2.00 bits per heavy atom. The molecule has 0 aromatic carbocycles. The van der Waals surface area contributed by atoms with Gasteiger partial charge in [0.05, 0.1) is 18.8 Å². The van der Waals surface area contributed by atoms with Crippen molar-refractivity contribution in [3.05, 3.63) is 6.92 Å². The van der Waals surface area contributed by atoms with Gasteiger partial charge in [-0.1, -0.05) is 13.8 Å². The third kappa shape index (κ3) is 1.45. The molecule has 0 aliphatic heterocycles. The minimum absolute atomic E-state index is 0.105. The molecule has 0 radical (unpaired) electrons. The normalized spacial score (nSPS) is 38.9. The van der Waals surface area contributed by atoms with Crippen molar-refractivity contribution in [3.63, 3.8) is 0 Å². The summed E-state index contributed by atoms with van der Waals surface area (Å²) in [7, 11) is 1.67. The lowest BCUT2D eigenvalue weighted by molar-refractivity contribution is -0.129. The molecule has 2 aliphatic rings. The minimum Gasteiger partial charge on any atom is -0.382 e. The monoisotopic (exact) mass is 239 g/mol. The first-order chi connectivity index (χ1) is 7.96. The molecule has 0 saturated heterocycles. The fraction of sp³-hybridized carbons (Fsp3) is 0.857. The van der Waals surface area contributed by atoms with Gasteiger partial charge in [-0.15, -0.1) is 0 Å². The smallest absolute Gasteiger partial charge is 0.140 e. The summed E-state index contributed by atoms with van der Waals surface area (Å²) in [6, 6.07) is 0. The summed E-state index contributed by atoms with van der Waals surface area (Å²) in [6.07, 6.45) is 3.15. The molecule has 0 amide bonds. The number of hydrogen-bond donors (Lipinski definition) is 0. The number of carbonyl (C=O) groups is 1. The van der Waals surface area contributed by atoms with Gasteiger partial charge in [0.2, 0.25) is 0 Å². The minimum atomic E-state index is -0.277. The van der Waals surface area contributed by atoms with Crippen LogP contribution in [0, 0.1) is 17.8 Å². The van der Waals surface area contributed by atoms with Crippen molar-refractivity contribution in [2.24, 2.45) is 10.8 Å². The maximum atomic E-state index is 12.3. The molecule has 0 aromatic rings. The number of ketones is 1. The summed E-state index contributed by atoms with van der Waals surface area (Å²) in [5, 5.41) is 0. The van der Waals surface area contributed by atoms with E-state index in [1.165, 1.54) is 0 Å². The molecular formula is C14H23O3-. The Bertz CT molecular complexity index is 323. The number of Topliss-reactive ketones (excluding diaryl/α,β-unsaturated/α-hetero) is 1. The van der Waals surface area contributed by atoms with E-state index in [1.807, 2.05) is 0 Å². The lowest BCUT2D eigenvalue weighted by Crippen LogP contribution is -2.43. The number of hydrogen-bond acceptors (Lipinski definition) is 3. The summed E-state index contributed by atoms with van der Waals surface area (Å²) in [4.78, 5) is 12.3. The van der Waals surface area contributed by atoms with Gasteiger partial charge in [0, 0.05) is 24.4 Å².